The van der Waals surface area contributed by atoms with Crippen molar-refractivity contribution in [3.8, 4) is 0 Å². The highest BCUT2D eigenvalue weighted by Crippen LogP contribution is 2.25. The van der Waals surface area contributed by atoms with Crippen molar-refractivity contribution < 1.29 is 9.53 Å². The molecule has 0 bridgehead atoms. The van der Waals surface area contributed by atoms with Gasteiger partial charge in [-0.25, -0.2) is 0 Å². The molecule has 2 fully saturated rings. The maximum Gasteiger partial charge on any atom is 0.229 e. The lowest BCUT2D eigenvalue weighted by Crippen LogP contribution is -2.59. The molecule has 3 N–H and O–H groups in total. The van der Waals surface area contributed by atoms with Crippen LogP contribution in [0.2, 0.25) is 0 Å². The first-order valence-corrected chi connectivity index (χ1v) is 11.8. The number of hydrogen-bond acceptors (Lipinski definition) is 4. The molecule has 7 nitrogen and oxygen atoms in total. The number of carbonyl (C=O) groups excluding carboxylic acids is 1. The molecule has 0 spiro atoms. The van der Waals surface area contributed by atoms with E-state index in [1.54, 1.807) is 7.05 Å². The predicted molar refractivity (Wildman–Crippen MR) is 132 cm³/mol. The lowest BCUT2D eigenvalue weighted by atomic mass is 9.88. The van der Waals surface area contributed by atoms with E-state index in [-0.39, 0.29) is 23.5 Å². The molecule has 7 heteroatoms. The standard InChI is InChI=1S/C26H35N5O2/c1-20(21-9-5-3-6-10-21)30-26(13-15-33-16-14-26)19-28-25(27-2)29-22-17-24(32)31(18-22)23-11-7-4-8-12-23/h3-12,20,22,30H,13-19H2,1-2H3,(H2,27,28,29). The number of guanidine groups is 1. The molecule has 2 heterocycles. The Balaban J connectivity index is 1.36. The Bertz CT molecular complexity index is 928. The van der Waals surface area contributed by atoms with Gasteiger partial charge < -0.3 is 25.6 Å². The summed E-state index contributed by atoms with van der Waals surface area (Å²) in [6.45, 7) is 5.06. The van der Waals surface area contributed by atoms with Gasteiger partial charge in [-0.3, -0.25) is 9.79 Å². The van der Waals surface area contributed by atoms with Crippen LogP contribution in [0, 0.1) is 0 Å². The lowest BCUT2D eigenvalue weighted by Gasteiger charge is -2.41. The van der Waals surface area contributed by atoms with Crippen LogP contribution in [0.3, 0.4) is 0 Å². The lowest BCUT2D eigenvalue weighted by molar-refractivity contribution is -0.117. The molecule has 2 saturated heterocycles. The first-order chi connectivity index (χ1) is 16.1. The minimum absolute atomic E-state index is 0.0192. The van der Waals surface area contributed by atoms with Gasteiger partial charge in [0.2, 0.25) is 5.91 Å². The van der Waals surface area contributed by atoms with Crippen LogP contribution in [0.5, 0.6) is 0 Å². The molecule has 0 aliphatic carbocycles. The maximum atomic E-state index is 12.6. The Labute approximate surface area is 196 Å². The first kappa shape index (κ1) is 23.3. The van der Waals surface area contributed by atoms with Gasteiger partial charge in [0.15, 0.2) is 5.96 Å². The molecule has 2 unspecified atom stereocenters. The van der Waals surface area contributed by atoms with Gasteiger partial charge in [-0.1, -0.05) is 48.5 Å². The molecule has 4 rings (SSSR count). The second-order valence-electron chi connectivity index (χ2n) is 8.98. The van der Waals surface area contributed by atoms with Crippen LogP contribution in [0.4, 0.5) is 5.69 Å². The van der Waals surface area contributed by atoms with Gasteiger partial charge in [0.1, 0.15) is 0 Å². The fourth-order valence-corrected chi connectivity index (χ4v) is 4.72. The zero-order valence-electron chi connectivity index (χ0n) is 19.6. The van der Waals surface area contributed by atoms with Gasteiger partial charge in [-0.15, -0.1) is 0 Å². The number of hydrogen-bond donors (Lipinski definition) is 3. The first-order valence-electron chi connectivity index (χ1n) is 11.8. The summed E-state index contributed by atoms with van der Waals surface area (Å²) in [6.07, 6.45) is 2.31. The molecule has 2 aromatic rings. The van der Waals surface area contributed by atoms with Crippen molar-refractivity contribution in [2.24, 2.45) is 4.99 Å². The number of benzene rings is 2. The van der Waals surface area contributed by atoms with E-state index in [2.05, 4.69) is 52.1 Å². The van der Waals surface area contributed by atoms with Gasteiger partial charge >= 0.3 is 0 Å². The summed E-state index contributed by atoms with van der Waals surface area (Å²) in [5.74, 6) is 0.858. The van der Waals surface area contributed by atoms with Gasteiger partial charge in [-0.2, -0.15) is 0 Å². The third-order valence-electron chi connectivity index (χ3n) is 6.62. The van der Waals surface area contributed by atoms with Crippen molar-refractivity contribution in [3.63, 3.8) is 0 Å². The molecule has 2 aliphatic heterocycles. The molecule has 2 aliphatic rings. The van der Waals surface area contributed by atoms with Crippen LogP contribution in [0.15, 0.2) is 65.7 Å². The Morgan fingerprint density at radius 2 is 1.79 bits per heavy atom. The third-order valence-corrected chi connectivity index (χ3v) is 6.62. The Morgan fingerprint density at radius 1 is 1.12 bits per heavy atom. The van der Waals surface area contributed by atoms with Gasteiger partial charge in [-0.05, 0) is 37.5 Å². The van der Waals surface area contributed by atoms with E-state index in [1.807, 2.05) is 41.3 Å². The topological polar surface area (TPSA) is 78.0 Å². The van der Waals surface area contributed by atoms with E-state index in [1.165, 1.54) is 5.56 Å². The smallest absolute Gasteiger partial charge is 0.229 e. The van der Waals surface area contributed by atoms with Crippen LogP contribution in [-0.2, 0) is 9.53 Å². The summed E-state index contributed by atoms with van der Waals surface area (Å²) in [7, 11) is 1.78. The fraction of sp³-hybridized carbons (Fsp3) is 0.462. The summed E-state index contributed by atoms with van der Waals surface area (Å²) < 4.78 is 5.66. The molecule has 1 amide bonds. The third kappa shape index (κ3) is 5.92. The van der Waals surface area contributed by atoms with Crippen molar-refractivity contribution in [2.45, 2.75) is 43.8 Å². The summed E-state index contributed by atoms with van der Waals surface area (Å²) in [4.78, 5) is 18.8. The van der Waals surface area contributed by atoms with Crippen molar-refractivity contribution in [1.29, 1.82) is 0 Å². The molecule has 2 aromatic carbocycles. The van der Waals surface area contributed by atoms with Gasteiger partial charge in [0.25, 0.3) is 0 Å². The number of aliphatic imine (C=N–C) groups is 1. The van der Waals surface area contributed by atoms with Crippen LogP contribution in [-0.4, -0.2) is 56.8 Å². The number of para-hydroxylation sites is 1. The average molecular weight is 450 g/mol. The second kappa shape index (κ2) is 10.8. The molecular formula is C26H35N5O2. The normalized spacial score (nSPS) is 21.6. The predicted octanol–water partition coefficient (Wildman–Crippen LogP) is 2.86. The number of rotatable bonds is 7. The zero-order valence-corrected chi connectivity index (χ0v) is 19.6. The minimum atomic E-state index is -0.0906. The SMILES string of the molecule is CN=C(NCC1(NC(C)c2ccccc2)CCOCC1)NC1CC(=O)N(c2ccccc2)C1. The highest BCUT2D eigenvalue weighted by atomic mass is 16.5. The molecule has 176 valence electrons. The number of ether oxygens (including phenoxy) is 1. The van der Waals surface area contributed by atoms with Crippen LogP contribution < -0.4 is 20.9 Å². The number of nitrogens with one attached hydrogen (secondary N) is 3. The Morgan fingerprint density at radius 3 is 2.45 bits per heavy atom. The van der Waals surface area contributed by atoms with E-state index in [0.717, 1.165) is 44.2 Å². The summed E-state index contributed by atoms with van der Waals surface area (Å²) >= 11 is 0. The number of anilines is 1. The van der Waals surface area contributed by atoms with Crippen molar-refractivity contribution in [1.82, 2.24) is 16.0 Å². The molecular weight excluding hydrogens is 414 g/mol. The minimum Gasteiger partial charge on any atom is -0.381 e. The molecule has 33 heavy (non-hydrogen) atoms. The van der Waals surface area contributed by atoms with Crippen molar-refractivity contribution in [2.75, 3.05) is 38.3 Å². The summed E-state index contributed by atoms with van der Waals surface area (Å²) in [6, 6.07) is 20.6. The largest absolute Gasteiger partial charge is 0.381 e. The average Bonchev–Trinajstić information content (AvgIpc) is 3.23. The maximum absolute atomic E-state index is 12.6. The highest BCUT2D eigenvalue weighted by molar-refractivity contribution is 5.97. The van der Waals surface area contributed by atoms with Crippen LogP contribution in [0.25, 0.3) is 0 Å². The van der Waals surface area contributed by atoms with Crippen molar-refractivity contribution >= 4 is 17.6 Å². The summed E-state index contributed by atoms with van der Waals surface area (Å²) in [5.41, 5.74) is 2.12. The van der Waals surface area contributed by atoms with E-state index in [9.17, 15) is 4.79 Å². The number of carbonyl (C=O) groups is 1. The molecule has 0 saturated carbocycles. The Kier molecular flexibility index (Phi) is 7.62. The molecule has 0 aromatic heterocycles. The molecule has 2 atom stereocenters. The zero-order chi connectivity index (χ0) is 23.1. The fourth-order valence-electron chi connectivity index (χ4n) is 4.72. The second-order valence-corrected chi connectivity index (χ2v) is 8.98. The van der Waals surface area contributed by atoms with E-state index >= 15 is 0 Å². The number of nitrogens with zero attached hydrogens (tertiary/aromatic N) is 2. The van der Waals surface area contributed by atoms with Gasteiger partial charge in [0.05, 0.1) is 6.04 Å². The Hall–Kier alpha value is -2.90. The van der Waals surface area contributed by atoms with E-state index in [0.29, 0.717) is 13.0 Å². The highest BCUT2D eigenvalue weighted by Gasteiger charge is 2.35. The molecule has 0 radical (unpaired) electrons. The van der Waals surface area contributed by atoms with Crippen LogP contribution in [0.1, 0.15) is 37.8 Å². The summed E-state index contributed by atoms with van der Waals surface area (Å²) in [5, 5.41) is 10.8. The van der Waals surface area contributed by atoms with E-state index < -0.39 is 0 Å². The van der Waals surface area contributed by atoms with E-state index in [4.69, 9.17) is 4.74 Å². The van der Waals surface area contributed by atoms with Crippen LogP contribution >= 0.6 is 0 Å². The van der Waals surface area contributed by atoms with Crippen molar-refractivity contribution in [3.05, 3.63) is 66.2 Å². The quantitative estimate of drug-likeness (QED) is 0.448. The monoisotopic (exact) mass is 449 g/mol. The number of amides is 1. The van der Waals surface area contributed by atoms with Gasteiger partial charge in [0, 0.05) is 57.0 Å².